The van der Waals surface area contributed by atoms with E-state index in [0.717, 1.165) is 0 Å². The molecule has 0 spiro atoms. The largest absolute Gasteiger partial charge is 0.401 e. The molecule has 1 aromatic heterocycles. The SMILES string of the molecule is CC1(C)CN(CC(F)(F)F)CCN1C(=O)c1cc[nH]c(=O)c1. The number of aromatic amines is 1. The zero-order valence-corrected chi connectivity index (χ0v) is 12.4. The van der Waals surface area contributed by atoms with E-state index in [1.54, 1.807) is 13.8 Å². The maximum atomic E-state index is 12.5. The van der Waals surface area contributed by atoms with Crippen LogP contribution in [0, 0.1) is 0 Å². The molecule has 0 radical (unpaired) electrons. The van der Waals surface area contributed by atoms with Gasteiger partial charge >= 0.3 is 6.18 Å². The van der Waals surface area contributed by atoms with E-state index >= 15 is 0 Å². The van der Waals surface area contributed by atoms with Gasteiger partial charge in [0.25, 0.3) is 5.91 Å². The van der Waals surface area contributed by atoms with Crippen molar-refractivity contribution in [2.24, 2.45) is 0 Å². The second kappa shape index (κ2) is 5.75. The Morgan fingerprint density at radius 1 is 1.36 bits per heavy atom. The molecular weight excluding hydrogens is 299 g/mol. The van der Waals surface area contributed by atoms with Crippen LogP contribution in [-0.4, -0.2) is 58.6 Å². The smallest absolute Gasteiger partial charge is 0.331 e. The maximum Gasteiger partial charge on any atom is 0.401 e. The van der Waals surface area contributed by atoms with E-state index in [2.05, 4.69) is 4.98 Å². The maximum absolute atomic E-state index is 12.5. The number of carbonyl (C=O) groups is 1. The molecule has 1 aliphatic heterocycles. The second-order valence-electron chi connectivity index (χ2n) is 6.04. The van der Waals surface area contributed by atoms with Gasteiger partial charge in [0.05, 0.1) is 12.1 Å². The van der Waals surface area contributed by atoms with Crippen LogP contribution in [0.2, 0.25) is 0 Å². The zero-order chi connectivity index (χ0) is 16.5. The van der Waals surface area contributed by atoms with Crippen molar-refractivity contribution < 1.29 is 18.0 Å². The standard InChI is InChI=1S/C14H18F3N3O2/c1-13(2)8-19(9-14(15,16)17)5-6-20(13)12(22)10-3-4-18-11(21)7-10/h3-4,7H,5-6,8-9H2,1-2H3,(H,18,21). The first-order valence-corrected chi connectivity index (χ1v) is 6.88. The predicted octanol–water partition coefficient (Wildman–Crippen LogP) is 1.47. The van der Waals surface area contributed by atoms with Gasteiger partial charge in [0.1, 0.15) is 0 Å². The number of amides is 1. The Morgan fingerprint density at radius 3 is 2.59 bits per heavy atom. The molecule has 0 aliphatic carbocycles. The summed E-state index contributed by atoms with van der Waals surface area (Å²) in [7, 11) is 0. The van der Waals surface area contributed by atoms with E-state index in [9.17, 15) is 22.8 Å². The summed E-state index contributed by atoms with van der Waals surface area (Å²) in [5.74, 6) is -0.345. The van der Waals surface area contributed by atoms with Crippen molar-refractivity contribution in [3.63, 3.8) is 0 Å². The van der Waals surface area contributed by atoms with Crippen LogP contribution in [0.5, 0.6) is 0 Å². The fraction of sp³-hybridized carbons (Fsp3) is 0.571. The second-order valence-corrected chi connectivity index (χ2v) is 6.04. The fourth-order valence-corrected chi connectivity index (χ4v) is 2.75. The normalized spacial score (nSPS) is 19.2. The summed E-state index contributed by atoms with van der Waals surface area (Å²) in [5.41, 5.74) is -0.899. The van der Waals surface area contributed by atoms with Gasteiger partial charge in [-0.1, -0.05) is 0 Å². The molecule has 1 amide bonds. The average Bonchev–Trinajstić information content (AvgIpc) is 2.35. The van der Waals surface area contributed by atoms with Crippen LogP contribution in [0.1, 0.15) is 24.2 Å². The van der Waals surface area contributed by atoms with Gasteiger partial charge in [0, 0.05) is 37.5 Å². The van der Waals surface area contributed by atoms with Crippen molar-refractivity contribution in [2.75, 3.05) is 26.2 Å². The van der Waals surface area contributed by atoms with E-state index in [0.29, 0.717) is 0 Å². The van der Waals surface area contributed by atoms with E-state index in [1.165, 1.54) is 28.1 Å². The van der Waals surface area contributed by atoms with Crippen molar-refractivity contribution in [1.82, 2.24) is 14.8 Å². The summed E-state index contributed by atoms with van der Waals surface area (Å²) in [5, 5.41) is 0. The summed E-state index contributed by atoms with van der Waals surface area (Å²) >= 11 is 0. The minimum Gasteiger partial charge on any atom is -0.331 e. The third-order valence-electron chi connectivity index (χ3n) is 3.65. The third-order valence-corrected chi connectivity index (χ3v) is 3.65. The van der Waals surface area contributed by atoms with Crippen LogP contribution < -0.4 is 5.56 Å². The highest BCUT2D eigenvalue weighted by atomic mass is 19.4. The molecule has 122 valence electrons. The highest BCUT2D eigenvalue weighted by Gasteiger charge is 2.40. The van der Waals surface area contributed by atoms with Gasteiger partial charge in [-0.15, -0.1) is 0 Å². The van der Waals surface area contributed by atoms with Crippen LogP contribution in [0.25, 0.3) is 0 Å². The van der Waals surface area contributed by atoms with Crippen molar-refractivity contribution >= 4 is 5.91 Å². The van der Waals surface area contributed by atoms with E-state index in [1.807, 2.05) is 0 Å². The van der Waals surface area contributed by atoms with Gasteiger partial charge in [0.15, 0.2) is 0 Å². The molecule has 2 rings (SSSR count). The van der Waals surface area contributed by atoms with E-state index < -0.39 is 18.3 Å². The first kappa shape index (κ1) is 16.5. The van der Waals surface area contributed by atoms with Gasteiger partial charge in [-0.3, -0.25) is 14.5 Å². The lowest BCUT2D eigenvalue weighted by molar-refractivity contribution is -0.153. The van der Waals surface area contributed by atoms with Gasteiger partial charge in [0.2, 0.25) is 5.56 Å². The molecule has 1 saturated heterocycles. The quantitative estimate of drug-likeness (QED) is 0.899. The molecule has 1 aliphatic rings. The zero-order valence-electron chi connectivity index (χ0n) is 12.4. The Morgan fingerprint density at radius 2 is 2.05 bits per heavy atom. The monoisotopic (exact) mass is 317 g/mol. The lowest BCUT2D eigenvalue weighted by Gasteiger charge is -2.47. The molecule has 0 saturated carbocycles. The summed E-state index contributed by atoms with van der Waals surface area (Å²) < 4.78 is 37.5. The predicted molar refractivity (Wildman–Crippen MR) is 74.7 cm³/mol. The van der Waals surface area contributed by atoms with Gasteiger partial charge < -0.3 is 9.88 Å². The van der Waals surface area contributed by atoms with Crippen molar-refractivity contribution in [3.05, 3.63) is 34.2 Å². The van der Waals surface area contributed by atoms with Gasteiger partial charge in [-0.05, 0) is 19.9 Å². The van der Waals surface area contributed by atoms with E-state index in [4.69, 9.17) is 0 Å². The summed E-state index contributed by atoms with van der Waals surface area (Å²) in [4.78, 5) is 29.0. The number of aromatic nitrogens is 1. The lowest BCUT2D eigenvalue weighted by Crippen LogP contribution is -2.62. The third kappa shape index (κ3) is 3.88. The van der Waals surface area contributed by atoms with E-state index in [-0.39, 0.29) is 36.7 Å². The number of hydrogen-bond acceptors (Lipinski definition) is 3. The van der Waals surface area contributed by atoms with Crippen molar-refractivity contribution in [1.29, 1.82) is 0 Å². The number of piperazine rings is 1. The number of halogens is 3. The summed E-state index contributed by atoms with van der Waals surface area (Å²) in [6, 6.07) is 2.68. The highest BCUT2D eigenvalue weighted by Crippen LogP contribution is 2.25. The molecule has 0 atom stereocenters. The minimum atomic E-state index is -4.25. The van der Waals surface area contributed by atoms with Crippen LogP contribution in [0.3, 0.4) is 0 Å². The molecule has 1 aromatic rings. The number of carbonyl (C=O) groups excluding carboxylic acids is 1. The molecule has 8 heteroatoms. The molecule has 0 unspecified atom stereocenters. The summed E-state index contributed by atoms with van der Waals surface area (Å²) in [6.45, 7) is 2.93. The number of pyridine rings is 1. The molecule has 5 nitrogen and oxygen atoms in total. The van der Waals surface area contributed by atoms with Gasteiger partial charge in [-0.2, -0.15) is 13.2 Å². The molecule has 1 N–H and O–H groups in total. The summed E-state index contributed by atoms with van der Waals surface area (Å²) in [6.07, 6.45) is -2.88. The first-order valence-electron chi connectivity index (χ1n) is 6.88. The van der Waals surface area contributed by atoms with Crippen LogP contribution in [0.4, 0.5) is 13.2 Å². The van der Waals surface area contributed by atoms with Crippen LogP contribution >= 0.6 is 0 Å². The molecule has 2 heterocycles. The molecule has 22 heavy (non-hydrogen) atoms. The minimum absolute atomic E-state index is 0.126. The number of nitrogens with zero attached hydrogens (tertiary/aromatic N) is 2. The number of H-pyrrole nitrogens is 1. The Labute approximate surface area is 125 Å². The molecule has 1 fully saturated rings. The first-order chi connectivity index (χ1) is 10.1. The number of alkyl halides is 3. The Balaban J connectivity index is 2.14. The van der Waals surface area contributed by atoms with Crippen LogP contribution in [-0.2, 0) is 0 Å². The van der Waals surface area contributed by atoms with Crippen molar-refractivity contribution in [2.45, 2.75) is 25.6 Å². The highest BCUT2D eigenvalue weighted by molar-refractivity contribution is 5.94. The Kier molecular flexibility index (Phi) is 4.32. The number of rotatable bonds is 2. The number of nitrogens with one attached hydrogen (secondary N) is 1. The van der Waals surface area contributed by atoms with Crippen LogP contribution in [0.15, 0.2) is 23.1 Å². The fourth-order valence-electron chi connectivity index (χ4n) is 2.75. The molecule has 0 bridgehead atoms. The van der Waals surface area contributed by atoms with Crippen molar-refractivity contribution in [3.8, 4) is 0 Å². The molecule has 0 aromatic carbocycles. The average molecular weight is 317 g/mol. The lowest BCUT2D eigenvalue weighted by atomic mass is 9.97. The topological polar surface area (TPSA) is 56.4 Å². The Bertz CT molecular complexity index is 610. The molecular formula is C14H18F3N3O2. The van der Waals surface area contributed by atoms with Gasteiger partial charge in [-0.25, -0.2) is 0 Å². The number of hydrogen-bond donors (Lipinski definition) is 1. The Hall–Kier alpha value is -1.83.